The van der Waals surface area contributed by atoms with Gasteiger partial charge in [-0.1, -0.05) is 19.9 Å². The molecule has 0 radical (unpaired) electrons. The van der Waals surface area contributed by atoms with E-state index in [0.29, 0.717) is 18.9 Å². The average molecular weight is 325 g/mol. The quantitative estimate of drug-likeness (QED) is 0.845. The SMILES string of the molecule is CCC(CC)(CO)NS(=O)(=O)c1cccc(C(F)(F)F)c1. The van der Waals surface area contributed by atoms with E-state index in [2.05, 4.69) is 4.72 Å². The van der Waals surface area contributed by atoms with Gasteiger partial charge in [-0.15, -0.1) is 0 Å². The van der Waals surface area contributed by atoms with E-state index in [1.165, 1.54) is 0 Å². The Morgan fingerprint density at radius 3 is 2.19 bits per heavy atom. The first kappa shape index (κ1) is 17.9. The third-order valence-electron chi connectivity index (χ3n) is 3.48. The van der Waals surface area contributed by atoms with Crippen molar-refractivity contribution in [2.45, 2.75) is 43.3 Å². The number of hydrogen-bond acceptors (Lipinski definition) is 3. The van der Waals surface area contributed by atoms with Gasteiger partial charge in [0.05, 0.1) is 22.6 Å². The zero-order valence-corrected chi connectivity index (χ0v) is 12.6. The highest BCUT2D eigenvalue weighted by Crippen LogP contribution is 2.30. The molecule has 21 heavy (non-hydrogen) atoms. The molecular weight excluding hydrogens is 307 g/mol. The molecule has 0 unspecified atom stereocenters. The second-order valence-electron chi connectivity index (χ2n) is 4.78. The first-order valence-electron chi connectivity index (χ1n) is 6.42. The summed E-state index contributed by atoms with van der Waals surface area (Å²) in [6.45, 7) is 2.95. The molecular formula is C13H18F3NO3S. The smallest absolute Gasteiger partial charge is 0.394 e. The Morgan fingerprint density at radius 2 is 1.76 bits per heavy atom. The van der Waals surface area contributed by atoms with E-state index in [1.807, 2.05) is 0 Å². The summed E-state index contributed by atoms with van der Waals surface area (Å²) in [5, 5.41) is 9.36. The highest BCUT2D eigenvalue weighted by Gasteiger charge is 2.34. The second kappa shape index (κ2) is 6.33. The number of hydrogen-bond donors (Lipinski definition) is 2. The molecule has 0 saturated carbocycles. The number of alkyl halides is 3. The van der Waals surface area contributed by atoms with E-state index in [-0.39, 0.29) is 0 Å². The van der Waals surface area contributed by atoms with Gasteiger partial charge in [-0.25, -0.2) is 13.1 Å². The molecule has 0 bridgehead atoms. The van der Waals surface area contributed by atoms with Gasteiger partial charge in [-0.2, -0.15) is 13.2 Å². The summed E-state index contributed by atoms with van der Waals surface area (Å²) in [5.74, 6) is 0. The van der Waals surface area contributed by atoms with Crippen molar-refractivity contribution in [3.63, 3.8) is 0 Å². The van der Waals surface area contributed by atoms with E-state index in [1.54, 1.807) is 13.8 Å². The Hall–Kier alpha value is -1.12. The molecule has 4 nitrogen and oxygen atoms in total. The van der Waals surface area contributed by atoms with Crippen LogP contribution >= 0.6 is 0 Å². The molecule has 0 spiro atoms. The minimum atomic E-state index is -4.62. The number of nitrogens with one attached hydrogen (secondary N) is 1. The van der Waals surface area contributed by atoms with Crippen LogP contribution in [0.15, 0.2) is 29.2 Å². The van der Waals surface area contributed by atoms with Crippen molar-refractivity contribution in [2.75, 3.05) is 6.61 Å². The zero-order chi connectivity index (χ0) is 16.3. The minimum Gasteiger partial charge on any atom is -0.394 e. The fourth-order valence-corrected chi connectivity index (χ4v) is 3.41. The molecule has 0 aliphatic rings. The number of sulfonamides is 1. The number of rotatable bonds is 6. The average Bonchev–Trinajstić information content (AvgIpc) is 2.44. The van der Waals surface area contributed by atoms with Crippen LogP contribution in [-0.2, 0) is 16.2 Å². The summed E-state index contributed by atoms with van der Waals surface area (Å²) < 4.78 is 64.6. The van der Waals surface area contributed by atoms with Gasteiger partial charge in [-0.05, 0) is 31.0 Å². The molecule has 0 atom stereocenters. The lowest BCUT2D eigenvalue weighted by atomic mass is 9.96. The Kier molecular flexibility index (Phi) is 5.40. The lowest BCUT2D eigenvalue weighted by molar-refractivity contribution is -0.137. The molecule has 1 aromatic carbocycles. The second-order valence-corrected chi connectivity index (χ2v) is 6.46. The topological polar surface area (TPSA) is 66.4 Å². The van der Waals surface area contributed by atoms with Gasteiger partial charge < -0.3 is 5.11 Å². The van der Waals surface area contributed by atoms with Crippen molar-refractivity contribution >= 4 is 10.0 Å². The standard InChI is InChI=1S/C13H18F3NO3S/c1-3-12(4-2,9-18)17-21(19,20)11-7-5-6-10(8-11)13(14,15)16/h5-8,17-18H,3-4,9H2,1-2H3. The van der Waals surface area contributed by atoms with Crippen LogP contribution in [0, 0.1) is 0 Å². The molecule has 0 aliphatic heterocycles. The molecule has 0 fully saturated rings. The van der Waals surface area contributed by atoms with Gasteiger partial charge in [0.15, 0.2) is 0 Å². The van der Waals surface area contributed by atoms with E-state index >= 15 is 0 Å². The maximum Gasteiger partial charge on any atom is 0.416 e. The third-order valence-corrected chi connectivity index (χ3v) is 5.06. The summed E-state index contributed by atoms with van der Waals surface area (Å²) in [5.41, 5.74) is -2.11. The van der Waals surface area contributed by atoms with E-state index in [9.17, 15) is 26.7 Å². The zero-order valence-electron chi connectivity index (χ0n) is 11.7. The summed E-state index contributed by atoms with van der Waals surface area (Å²) in [6, 6.07) is 3.51. The fourth-order valence-electron chi connectivity index (χ4n) is 1.83. The van der Waals surface area contributed by atoms with E-state index in [4.69, 9.17) is 0 Å². The van der Waals surface area contributed by atoms with Gasteiger partial charge in [0, 0.05) is 0 Å². The number of benzene rings is 1. The molecule has 0 aliphatic carbocycles. The van der Waals surface area contributed by atoms with Crippen LogP contribution in [0.5, 0.6) is 0 Å². The van der Waals surface area contributed by atoms with Gasteiger partial charge in [-0.3, -0.25) is 0 Å². The highest BCUT2D eigenvalue weighted by molar-refractivity contribution is 7.89. The summed E-state index contributed by atoms with van der Waals surface area (Å²) >= 11 is 0. The Labute approximate surface area is 122 Å². The fraction of sp³-hybridized carbons (Fsp3) is 0.538. The number of halogens is 3. The van der Waals surface area contributed by atoms with Crippen LogP contribution in [0.25, 0.3) is 0 Å². The first-order valence-corrected chi connectivity index (χ1v) is 7.90. The van der Waals surface area contributed by atoms with Crippen molar-refractivity contribution in [1.29, 1.82) is 0 Å². The molecule has 0 aromatic heterocycles. The predicted octanol–water partition coefficient (Wildman–Crippen LogP) is 2.53. The molecule has 1 rings (SSSR count). The maximum atomic E-state index is 12.6. The summed E-state index contributed by atoms with van der Waals surface area (Å²) in [4.78, 5) is -0.475. The van der Waals surface area contributed by atoms with Gasteiger partial charge >= 0.3 is 6.18 Å². The number of aliphatic hydroxyl groups excluding tert-OH is 1. The van der Waals surface area contributed by atoms with Crippen LogP contribution in [0.4, 0.5) is 13.2 Å². The lowest BCUT2D eigenvalue weighted by Crippen LogP contribution is -2.50. The predicted molar refractivity (Wildman–Crippen MR) is 72.2 cm³/mol. The Bertz CT molecular complexity index is 572. The van der Waals surface area contributed by atoms with Crippen LogP contribution in [0.2, 0.25) is 0 Å². The highest BCUT2D eigenvalue weighted by atomic mass is 32.2. The third kappa shape index (κ3) is 4.18. The largest absolute Gasteiger partial charge is 0.416 e. The molecule has 0 heterocycles. The summed E-state index contributed by atoms with van der Waals surface area (Å²) in [7, 11) is -4.15. The Morgan fingerprint density at radius 1 is 1.19 bits per heavy atom. The lowest BCUT2D eigenvalue weighted by Gasteiger charge is -2.30. The van der Waals surface area contributed by atoms with Gasteiger partial charge in [0.25, 0.3) is 0 Å². The maximum absolute atomic E-state index is 12.6. The van der Waals surface area contributed by atoms with Crippen LogP contribution in [0.1, 0.15) is 32.3 Å². The first-order chi connectivity index (χ1) is 9.60. The van der Waals surface area contributed by atoms with Gasteiger partial charge in [0.1, 0.15) is 0 Å². The van der Waals surface area contributed by atoms with Crippen molar-refractivity contribution in [1.82, 2.24) is 4.72 Å². The molecule has 2 N–H and O–H groups in total. The van der Waals surface area contributed by atoms with Crippen LogP contribution < -0.4 is 4.72 Å². The summed E-state index contributed by atoms with van der Waals surface area (Å²) in [6.07, 6.45) is -3.98. The van der Waals surface area contributed by atoms with Crippen LogP contribution in [0.3, 0.4) is 0 Å². The molecule has 0 saturated heterocycles. The normalized spacial score (nSPS) is 13.4. The molecule has 0 amide bonds. The van der Waals surface area contributed by atoms with Crippen molar-refractivity contribution in [3.05, 3.63) is 29.8 Å². The Balaban J connectivity index is 3.20. The number of aliphatic hydroxyl groups is 1. The van der Waals surface area contributed by atoms with Gasteiger partial charge in [0.2, 0.25) is 10.0 Å². The van der Waals surface area contributed by atoms with Crippen molar-refractivity contribution in [3.8, 4) is 0 Å². The van der Waals surface area contributed by atoms with Crippen LogP contribution in [-0.4, -0.2) is 25.7 Å². The van der Waals surface area contributed by atoms with E-state index in [0.717, 1.165) is 18.2 Å². The van der Waals surface area contributed by atoms with Crippen molar-refractivity contribution in [2.24, 2.45) is 0 Å². The van der Waals surface area contributed by atoms with Crippen molar-refractivity contribution < 1.29 is 26.7 Å². The van der Waals surface area contributed by atoms with E-state index < -0.39 is 38.8 Å². The molecule has 8 heteroatoms. The minimum absolute atomic E-state index is 0.318. The monoisotopic (exact) mass is 325 g/mol. The molecule has 120 valence electrons. The molecule has 1 aromatic rings.